The van der Waals surface area contributed by atoms with Crippen molar-refractivity contribution in [2.45, 2.75) is 11.8 Å². The van der Waals surface area contributed by atoms with Crippen molar-refractivity contribution in [1.82, 2.24) is 4.72 Å². The first-order valence-electron chi connectivity index (χ1n) is 7.39. The Labute approximate surface area is 141 Å². The van der Waals surface area contributed by atoms with Gasteiger partial charge in [0.1, 0.15) is 0 Å². The van der Waals surface area contributed by atoms with Gasteiger partial charge in [0.2, 0.25) is 10.0 Å². The van der Waals surface area contributed by atoms with Crippen molar-refractivity contribution < 1.29 is 17.9 Å². The highest BCUT2D eigenvalue weighted by Gasteiger charge is 2.14. The first kappa shape index (κ1) is 18.1. The monoisotopic (exact) mass is 348 g/mol. The van der Waals surface area contributed by atoms with Crippen LogP contribution in [0.3, 0.4) is 0 Å². The molecule has 0 radical (unpaired) electrons. The molecule has 1 amide bonds. The highest BCUT2D eigenvalue weighted by molar-refractivity contribution is 7.89. The Kier molecular flexibility index (Phi) is 6.08. The average Bonchev–Trinajstić information content (AvgIpc) is 2.57. The fourth-order valence-corrected chi connectivity index (χ4v) is 3.07. The number of amides is 1. The van der Waals surface area contributed by atoms with Crippen LogP contribution in [0.1, 0.15) is 15.9 Å². The van der Waals surface area contributed by atoms with E-state index in [0.717, 1.165) is 11.3 Å². The summed E-state index contributed by atoms with van der Waals surface area (Å²) in [6, 6.07) is 13.2. The van der Waals surface area contributed by atoms with Gasteiger partial charge in [-0.25, -0.2) is 13.1 Å². The Bertz CT molecular complexity index is 802. The summed E-state index contributed by atoms with van der Waals surface area (Å²) >= 11 is 0. The zero-order chi connectivity index (χ0) is 17.6. The largest absolute Gasteiger partial charge is 0.383 e. The maximum absolute atomic E-state index is 12.2. The van der Waals surface area contributed by atoms with Crippen molar-refractivity contribution in [2.75, 3.05) is 25.6 Å². The van der Waals surface area contributed by atoms with Gasteiger partial charge in [0.05, 0.1) is 11.5 Å². The second-order valence-electron chi connectivity index (χ2n) is 5.18. The molecule has 0 bridgehead atoms. The molecule has 2 aromatic rings. The Balaban J connectivity index is 2.09. The van der Waals surface area contributed by atoms with Gasteiger partial charge in [-0.15, -0.1) is 0 Å². The van der Waals surface area contributed by atoms with Crippen molar-refractivity contribution >= 4 is 21.6 Å². The van der Waals surface area contributed by atoms with E-state index >= 15 is 0 Å². The number of rotatable bonds is 7. The van der Waals surface area contributed by atoms with E-state index in [0.29, 0.717) is 5.56 Å². The second-order valence-corrected chi connectivity index (χ2v) is 6.95. The maximum Gasteiger partial charge on any atom is 0.255 e. The second kappa shape index (κ2) is 8.05. The molecule has 0 aliphatic heterocycles. The molecule has 128 valence electrons. The summed E-state index contributed by atoms with van der Waals surface area (Å²) in [6.07, 6.45) is 0. The lowest BCUT2D eigenvalue weighted by atomic mass is 10.1. The van der Waals surface area contributed by atoms with E-state index in [1.807, 2.05) is 31.2 Å². The summed E-state index contributed by atoms with van der Waals surface area (Å²) in [6.45, 7) is 2.38. The number of methoxy groups -OCH3 is 1. The molecule has 0 aliphatic rings. The summed E-state index contributed by atoms with van der Waals surface area (Å²) in [7, 11) is -2.11. The van der Waals surface area contributed by atoms with Crippen molar-refractivity contribution in [3.8, 4) is 0 Å². The number of ether oxygens (including phenoxy) is 1. The van der Waals surface area contributed by atoms with Crippen LogP contribution < -0.4 is 10.0 Å². The van der Waals surface area contributed by atoms with E-state index in [4.69, 9.17) is 4.74 Å². The molecule has 2 N–H and O–H groups in total. The van der Waals surface area contributed by atoms with E-state index in [1.54, 1.807) is 0 Å². The summed E-state index contributed by atoms with van der Waals surface area (Å²) < 4.78 is 31.3. The number of para-hydroxylation sites is 1. The molecule has 7 heteroatoms. The third-order valence-electron chi connectivity index (χ3n) is 3.42. The number of anilines is 1. The third-order valence-corrected chi connectivity index (χ3v) is 4.90. The number of benzene rings is 2. The Hall–Kier alpha value is -2.22. The number of hydrogen-bond acceptors (Lipinski definition) is 4. The molecule has 24 heavy (non-hydrogen) atoms. The lowest BCUT2D eigenvalue weighted by molar-refractivity contribution is 0.102. The van der Waals surface area contributed by atoms with Gasteiger partial charge in [-0.2, -0.15) is 0 Å². The predicted molar refractivity (Wildman–Crippen MR) is 92.6 cm³/mol. The molecular weight excluding hydrogens is 328 g/mol. The van der Waals surface area contributed by atoms with Gasteiger partial charge in [-0.1, -0.05) is 18.2 Å². The summed E-state index contributed by atoms with van der Waals surface area (Å²) in [5.41, 5.74) is 2.06. The number of carbonyl (C=O) groups is 1. The van der Waals surface area contributed by atoms with E-state index < -0.39 is 10.0 Å². The van der Waals surface area contributed by atoms with Crippen LogP contribution in [0.4, 0.5) is 5.69 Å². The van der Waals surface area contributed by atoms with Crippen LogP contribution in [-0.2, 0) is 14.8 Å². The topological polar surface area (TPSA) is 84.5 Å². The summed E-state index contributed by atoms with van der Waals surface area (Å²) in [5, 5.41) is 2.81. The predicted octanol–water partition coefficient (Wildman–Crippen LogP) is 2.17. The van der Waals surface area contributed by atoms with Crippen LogP contribution in [0, 0.1) is 6.92 Å². The fraction of sp³-hybridized carbons (Fsp3) is 0.235. The lowest BCUT2D eigenvalue weighted by Gasteiger charge is -2.09. The molecule has 2 rings (SSSR count). The molecule has 0 spiro atoms. The van der Waals surface area contributed by atoms with Gasteiger partial charge in [0.15, 0.2) is 0 Å². The van der Waals surface area contributed by atoms with Crippen molar-refractivity contribution in [3.05, 3.63) is 59.7 Å². The summed E-state index contributed by atoms with van der Waals surface area (Å²) in [4.78, 5) is 12.3. The molecule has 0 fully saturated rings. The van der Waals surface area contributed by atoms with Gasteiger partial charge in [-0.05, 0) is 42.8 Å². The number of aryl methyl sites for hydroxylation is 1. The SMILES string of the molecule is COCCNS(=O)(=O)c1ccc(C(=O)Nc2ccccc2C)cc1. The van der Waals surface area contributed by atoms with Gasteiger partial charge < -0.3 is 10.1 Å². The number of sulfonamides is 1. The first-order valence-corrected chi connectivity index (χ1v) is 8.88. The Morgan fingerprint density at radius 2 is 1.75 bits per heavy atom. The number of nitrogens with one attached hydrogen (secondary N) is 2. The Morgan fingerprint density at radius 3 is 2.38 bits per heavy atom. The van der Waals surface area contributed by atoms with Crippen LogP contribution in [-0.4, -0.2) is 34.6 Å². The molecule has 0 aliphatic carbocycles. The highest BCUT2D eigenvalue weighted by Crippen LogP contribution is 2.16. The zero-order valence-electron chi connectivity index (χ0n) is 13.6. The minimum Gasteiger partial charge on any atom is -0.383 e. The molecular formula is C17H20N2O4S. The molecule has 0 atom stereocenters. The maximum atomic E-state index is 12.2. The summed E-state index contributed by atoms with van der Waals surface area (Å²) in [5.74, 6) is -0.291. The van der Waals surface area contributed by atoms with Gasteiger partial charge in [-0.3, -0.25) is 4.79 Å². The van der Waals surface area contributed by atoms with E-state index in [2.05, 4.69) is 10.0 Å². The van der Waals surface area contributed by atoms with Gasteiger partial charge in [0, 0.05) is 24.9 Å². The number of hydrogen-bond donors (Lipinski definition) is 2. The standard InChI is InChI=1S/C17H20N2O4S/c1-13-5-3-4-6-16(13)19-17(20)14-7-9-15(10-8-14)24(21,22)18-11-12-23-2/h3-10,18H,11-12H2,1-2H3,(H,19,20). The van der Waals surface area contributed by atoms with Crippen LogP contribution in [0.15, 0.2) is 53.4 Å². The van der Waals surface area contributed by atoms with Gasteiger partial charge in [0.25, 0.3) is 5.91 Å². The van der Waals surface area contributed by atoms with Crippen LogP contribution >= 0.6 is 0 Å². The van der Waals surface area contributed by atoms with E-state index in [1.165, 1.54) is 31.4 Å². The molecule has 6 nitrogen and oxygen atoms in total. The molecule has 0 saturated carbocycles. The quantitative estimate of drug-likeness (QED) is 0.751. The molecule has 2 aromatic carbocycles. The van der Waals surface area contributed by atoms with Crippen molar-refractivity contribution in [3.63, 3.8) is 0 Å². The lowest BCUT2D eigenvalue weighted by Crippen LogP contribution is -2.27. The van der Waals surface area contributed by atoms with Crippen molar-refractivity contribution in [2.24, 2.45) is 0 Å². The number of carbonyl (C=O) groups excluding carboxylic acids is 1. The van der Waals surface area contributed by atoms with Crippen LogP contribution in [0.5, 0.6) is 0 Å². The molecule has 0 aromatic heterocycles. The average molecular weight is 348 g/mol. The van der Waals surface area contributed by atoms with Crippen molar-refractivity contribution in [1.29, 1.82) is 0 Å². The smallest absolute Gasteiger partial charge is 0.255 e. The molecule has 0 unspecified atom stereocenters. The normalized spacial score (nSPS) is 11.2. The first-order chi connectivity index (χ1) is 11.4. The van der Waals surface area contributed by atoms with E-state index in [9.17, 15) is 13.2 Å². The fourth-order valence-electron chi connectivity index (χ4n) is 2.05. The van der Waals surface area contributed by atoms with Gasteiger partial charge >= 0.3 is 0 Å². The molecule has 0 saturated heterocycles. The minimum atomic E-state index is -3.60. The third kappa shape index (κ3) is 4.64. The molecule has 0 heterocycles. The highest BCUT2D eigenvalue weighted by atomic mass is 32.2. The van der Waals surface area contributed by atoms with Crippen LogP contribution in [0.2, 0.25) is 0 Å². The van der Waals surface area contributed by atoms with Crippen LogP contribution in [0.25, 0.3) is 0 Å². The minimum absolute atomic E-state index is 0.103. The van der Waals surface area contributed by atoms with E-state index in [-0.39, 0.29) is 24.0 Å². The zero-order valence-corrected chi connectivity index (χ0v) is 14.4. The Morgan fingerprint density at radius 1 is 1.08 bits per heavy atom.